The SMILES string of the molecule is CCCCCCCCCC(=O)Nc1ccc(F)c(Cl)c1. The van der Waals surface area contributed by atoms with Crippen molar-refractivity contribution in [1.29, 1.82) is 0 Å². The molecule has 1 aromatic carbocycles. The Kier molecular flexibility index (Phi) is 8.28. The van der Waals surface area contributed by atoms with Crippen molar-refractivity contribution < 1.29 is 9.18 Å². The van der Waals surface area contributed by atoms with E-state index in [2.05, 4.69) is 12.2 Å². The quantitative estimate of drug-likeness (QED) is 0.594. The van der Waals surface area contributed by atoms with E-state index in [4.69, 9.17) is 11.6 Å². The third-order valence-electron chi connectivity index (χ3n) is 3.21. The predicted octanol–water partition coefficient (Wildman–Crippen LogP) is 5.56. The van der Waals surface area contributed by atoms with Crippen molar-refractivity contribution in [3.63, 3.8) is 0 Å². The van der Waals surface area contributed by atoms with Crippen LogP contribution >= 0.6 is 11.6 Å². The molecule has 0 unspecified atom stereocenters. The van der Waals surface area contributed by atoms with E-state index in [1.165, 1.54) is 50.3 Å². The van der Waals surface area contributed by atoms with E-state index in [0.29, 0.717) is 12.1 Å². The number of carbonyl (C=O) groups is 1. The van der Waals surface area contributed by atoms with E-state index in [1.807, 2.05) is 0 Å². The molecule has 112 valence electrons. The molecule has 0 aliphatic heterocycles. The van der Waals surface area contributed by atoms with Crippen molar-refractivity contribution in [1.82, 2.24) is 0 Å². The maximum absolute atomic E-state index is 13.0. The van der Waals surface area contributed by atoms with Crippen molar-refractivity contribution in [2.45, 2.75) is 58.3 Å². The van der Waals surface area contributed by atoms with Gasteiger partial charge in [-0.15, -0.1) is 0 Å². The molecule has 0 saturated carbocycles. The van der Waals surface area contributed by atoms with Gasteiger partial charge in [-0.05, 0) is 24.6 Å². The lowest BCUT2D eigenvalue weighted by Gasteiger charge is -2.06. The van der Waals surface area contributed by atoms with Crippen LogP contribution in [0.25, 0.3) is 0 Å². The number of amides is 1. The van der Waals surface area contributed by atoms with Crippen LogP contribution in [0.3, 0.4) is 0 Å². The number of anilines is 1. The number of halogens is 2. The van der Waals surface area contributed by atoms with Crippen molar-refractivity contribution in [3.8, 4) is 0 Å². The first-order valence-corrected chi connectivity index (χ1v) is 7.76. The standard InChI is InChI=1S/C16H23ClFNO/c1-2-3-4-5-6-7-8-9-16(20)19-13-10-11-15(18)14(17)12-13/h10-12H,2-9H2,1H3,(H,19,20). The van der Waals surface area contributed by atoms with Gasteiger partial charge in [0.2, 0.25) is 5.91 Å². The minimum Gasteiger partial charge on any atom is -0.326 e. The molecule has 1 N–H and O–H groups in total. The van der Waals surface area contributed by atoms with Crippen molar-refractivity contribution >= 4 is 23.2 Å². The first kappa shape index (κ1) is 17.0. The highest BCUT2D eigenvalue weighted by molar-refractivity contribution is 6.31. The zero-order chi connectivity index (χ0) is 14.8. The Morgan fingerprint density at radius 2 is 1.80 bits per heavy atom. The molecule has 0 saturated heterocycles. The lowest BCUT2D eigenvalue weighted by atomic mass is 10.1. The molecule has 20 heavy (non-hydrogen) atoms. The van der Waals surface area contributed by atoms with Gasteiger partial charge in [0.05, 0.1) is 5.02 Å². The second-order valence-corrected chi connectivity index (χ2v) is 5.46. The summed E-state index contributed by atoms with van der Waals surface area (Å²) >= 11 is 5.66. The maximum atomic E-state index is 13.0. The molecule has 4 heteroatoms. The number of rotatable bonds is 9. The van der Waals surface area contributed by atoms with E-state index in [0.717, 1.165) is 12.8 Å². The lowest BCUT2D eigenvalue weighted by molar-refractivity contribution is -0.116. The van der Waals surface area contributed by atoms with Crippen LogP contribution in [0.15, 0.2) is 18.2 Å². The fourth-order valence-corrected chi connectivity index (χ4v) is 2.22. The molecule has 1 aromatic rings. The number of hydrogen-bond donors (Lipinski definition) is 1. The molecule has 1 amide bonds. The summed E-state index contributed by atoms with van der Waals surface area (Å²) < 4.78 is 13.0. The Labute approximate surface area is 125 Å². The lowest BCUT2D eigenvalue weighted by Crippen LogP contribution is -2.11. The molecule has 0 bridgehead atoms. The average molecular weight is 300 g/mol. The monoisotopic (exact) mass is 299 g/mol. The molecular weight excluding hydrogens is 277 g/mol. The van der Waals surface area contributed by atoms with Gasteiger partial charge in [0.15, 0.2) is 0 Å². The van der Waals surface area contributed by atoms with E-state index >= 15 is 0 Å². The second kappa shape index (κ2) is 9.76. The van der Waals surface area contributed by atoms with Crippen molar-refractivity contribution in [2.75, 3.05) is 5.32 Å². The van der Waals surface area contributed by atoms with E-state index in [-0.39, 0.29) is 10.9 Å². The van der Waals surface area contributed by atoms with Gasteiger partial charge < -0.3 is 5.32 Å². The Bertz CT molecular complexity index is 423. The molecule has 2 nitrogen and oxygen atoms in total. The minimum atomic E-state index is -0.475. The summed E-state index contributed by atoms with van der Waals surface area (Å²) in [6, 6.07) is 4.20. The van der Waals surface area contributed by atoms with Gasteiger partial charge in [0.25, 0.3) is 0 Å². The summed E-state index contributed by atoms with van der Waals surface area (Å²) in [5.41, 5.74) is 0.546. The molecule has 0 radical (unpaired) electrons. The second-order valence-electron chi connectivity index (χ2n) is 5.05. The van der Waals surface area contributed by atoms with Crippen LogP contribution in [-0.4, -0.2) is 5.91 Å². The van der Waals surface area contributed by atoms with Crippen LogP contribution in [0.2, 0.25) is 5.02 Å². The highest BCUT2D eigenvalue weighted by Gasteiger charge is 2.05. The first-order chi connectivity index (χ1) is 9.63. The summed E-state index contributed by atoms with van der Waals surface area (Å²) in [7, 11) is 0. The van der Waals surface area contributed by atoms with Crippen LogP contribution in [0.4, 0.5) is 10.1 Å². The van der Waals surface area contributed by atoms with Crippen LogP contribution in [0.1, 0.15) is 58.3 Å². The van der Waals surface area contributed by atoms with E-state index in [9.17, 15) is 9.18 Å². The Morgan fingerprint density at radius 3 is 2.45 bits per heavy atom. The van der Waals surface area contributed by atoms with E-state index < -0.39 is 5.82 Å². The molecule has 1 rings (SSSR count). The summed E-state index contributed by atoms with van der Waals surface area (Å²) in [6.07, 6.45) is 8.76. The predicted molar refractivity (Wildman–Crippen MR) is 82.6 cm³/mol. The van der Waals surface area contributed by atoms with Crippen LogP contribution in [-0.2, 0) is 4.79 Å². The molecule has 0 aromatic heterocycles. The topological polar surface area (TPSA) is 29.1 Å². The van der Waals surface area contributed by atoms with Gasteiger partial charge in [0.1, 0.15) is 5.82 Å². The number of nitrogens with one attached hydrogen (secondary N) is 1. The third kappa shape index (κ3) is 6.90. The van der Waals surface area contributed by atoms with Gasteiger partial charge >= 0.3 is 0 Å². The van der Waals surface area contributed by atoms with Crippen molar-refractivity contribution in [2.24, 2.45) is 0 Å². The molecule has 0 aliphatic carbocycles. The van der Waals surface area contributed by atoms with Gasteiger partial charge in [-0.1, -0.05) is 57.0 Å². The number of hydrogen-bond acceptors (Lipinski definition) is 1. The van der Waals surface area contributed by atoms with Crippen LogP contribution in [0.5, 0.6) is 0 Å². The summed E-state index contributed by atoms with van der Waals surface area (Å²) in [6.45, 7) is 2.20. The number of unbranched alkanes of at least 4 members (excludes halogenated alkanes) is 6. The first-order valence-electron chi connectivity index (χ1n) is 7.38. The molecule has 0 heterocycles. The summed E-state index contributed by atoms with van der Waals surface area (Å²) in [5.74, 6) is -0.516. The Balaban J connectivity index is 2.15. The smallest absolute Gasteiger partial charge is 0.224 e. The Morgan fingerprint density at radius 1 is 1.15 bits per heavy atom. The van der Waals surface area contributed by atoms with Crippen LogP contribution < -0.4 is 5.32 Å². The minimum absolute atomic E-state index is 0.0266. The van der Waals surface area contributed by atoms with Gasteiger partial charge in [-0.25, -0.2) is 4.39 Å². The molecule has 0 spiro atoms. The molecule has 0 aliphatic rings. The third-order valence-corrected chi connectivity index (χ3v) is 3.50. The molecule has 0 atom stereocenters. The fourth-order valence-electron chi connectivity index (χ4n) is 2.04. The zero-order valence-corrected chi connectivity index (χ0v) is 12.8. The largest absolute Gasteiger partial charge is 0.326 e. The highest BCUT2D eigenvalue weighted by Crippen LogP contribution is 2.19. The maximum Gasteiger partial charge on any atom is 0.224 e. The van der Waals surface area contributed by atoms with E-state index in [1.54, 1.807) is 0 Å². The van der Waals surface area contributed by atoms with Gasteiger partial charge in [-0.3, -0.25) is 4.79 Å². The zero-order valence-electron chi connectivity index (χ0n) is 12.1. The number of carbonyl (C=O) groups excluding carboxylic acids is 1. The van der Waals surface area contributed by atoms with Gasteiger partial charge in [-0.2, -0.15) is 0 Å². The normalized spacial score (nSPS) is 10.6. The van der Waals surface area contributed by atoms with Crippen LogP contribution in [0, 0.1) is 5.82 Å². The summed E-state index contributed by atoms with van der Waals surface area (Å²) in [4.78, 5) is 11.7. The van der Waals surface area contributed by atoms with Gasteiger partial charge in [0, 0.05) is 12.1 Å². The Hall–Kier alpha value is -1.09. The molecule has 0 fully saturated rings. The average Bonchev–Trinajstić information content (AvgIpc) is 2.42. The van der Waals surface area contributed by atoms with Crippen molar-refractivity contribution in [3.05, 3.63) is 29.0 Å². The highest BCUT2D eigenvalue weighted by atomic mass is 35.5. The fraction of sp³-hybridized carbons (Fsp3) is 0.562. The molecular formula is C16H23ClFNO. The number of benzene rings is 1. The summed E-state index contributed by atoms with van der Waals surface area (Å²) in [5, 5.41) is 2.76.